The molecule has 1 aromatic carbocycles. The lowest BCUT2D eigenvalue weighted by Gasteiger charge is -2.35. The van der Waals surface area contributed by atoms with Crippen LogP contribution in [0.2, 0.25) is 0 Å². The van der Waals surface area contributed by atoms with Crippen molar-refractivity contribution in [1.82, 2.24) is 4.90 Å². The molecule has 0 aromatic heterocycles. The Morgan fingerprint density at radius 3 is 2.56 bits per heavy atom. The number of likely N-dealkylation sites (tertiary alicyclic amines) is 1. The first-order valence-electron chi connectivity index (χ1n) is 7.26. The van der Waals surface area contributed by atoms with E-state index in [2.05, 4.69) is 24.0 Å². The summed E-state index contributed by atoms with van der Waals surface area (Å²) in [6.07, 6.45) is 6.71. The van der Waals surface area contributed by atoms with Crippen molar-refractivity contribution >= 4 is 0 Å². The highest BCUT2D eigenvalue weighted by molar-refractivity contribution is 5.22. The van der Waals surface area contributed by atoms with Gasteiger partial charge in [-0.05, 0) is 36.9 Å². The second-order valence-corrected chi connectivity index (χ2v) is 5.38. The van der Waals surface area contributed by atoms with Gasteiger partial charge in [-0.3, -0.25) is 4.90 Å². The van der Waals surface area contributed by atoms with Crippen LogP contribution in [0.1, 0.15) is 50.2 Å². The van der Waals surface area contributed by atoms with Gasteiger partial charge in [-0.25, -0.2) is 0 Å². The highest BCUT2D eigenvalue weighted by Crippen LogP contribution is 2.23. The molecule has 2 nitrogen and oxygen atoms in total. The number of nitrogens with zero attached hydrogens (tertiary/aromatic N) is 1. The van der Waals surface area contributed by atoms with E-state index in [0.29, 0.717) is 0 Å². The third-order valence-electron chi connectivity index (χ3n) is 3.96. The standard InChI is InChI=1S/C16H25NO/c1-2-5-16-6-3-4-11-17(16)12-14-7-9-15(13-18)10-8-14/h7-10,16,18H,2-6,11-13H2,1H3. The third-order valence-corrected chi connectivity index (χ3v) is 3.96. The Labute approximate surface area is 111 Å². The van der Waals surface area contributed by atoms with Gasteiger partial charge in [0.1, 0.15) is 0 Å². The summed E-state index contributed by atoms with van der Waals surface area (Å²) in [6.45, 7) is 4.73. The molecule has 1 unspecified atom stereocenters. The van der Waals surface area contributed by atoms with Crippen molar-refractivity contribution < 1.29 is 5.11 Å². The summed E-state index contributed by atoms with van der Waals surface area (Å²) in [5.74, 6) is 0. The summed E-state index contributed by atoms with van der Waals surface area (Å²) >= 11 is 0. The van der Waals surface area contributed by atoms with E-state index in [-0.39, 0.29) is 6.61 Å². The van der Waals surface area contributed by atoms with E-state index in [1.165, 1.54) is 44.2 Å². The van der Waals surface area contributed by atoms with Crippen LogP contribution in [0.15, 0.2) is 24.3 Å². The van der Waals surface area contributed by atoms with Crippen LogP contribution in [0.4, 0.5) is 0 Å². The molecular weight excluding hydrogens is 222 g/mol. The van der Waals surface area contributed by atoms with Crippen LogP contribution in [0.25, 0.3) is 0 Å². The Bertz CT molecular complexity index is 345. The Morgan fingerprint density at radius 1 is 1.17 bits per heavy atom. The number of hydrogen-bond donors (Lipinski definition) is 1. The third kappa shape index (κ3) is 3.56. The molecule has 0 amide bonds. The summed E-state index contributed by atoms with van der Waals surface area (Å²) in [6, 6.07) is 9.16. The summed E-state index contributed by atoms with van der Waals surface area (Å²) < 4.78 is 0. The largest absolute Gasteiger partial charge is 0.392 e. The maximum absolute atomic E-state index is 9.05. The first-order valence-corrected chi connectivity index (χ1v) is 7.26. The molecule has 0 saturated carbocycles. The fourth-order valence-corrected chi connectivity index (χ4v) is 2.91. The van der Waals surface area contributed by atoms with Crippen molar-refractivity contribution in [1.29, 1.82) is 0 Å². The maximum Gasteiger partial charge on any atom is 0.0681 e. The van der Waals surface area contributed by atoms with Gasteiger partial charge in [-0.15, -0.1) is 0 Å². The van der Waals surface area contributed by atoms with Crippen molar-refractivity contribution in [3.8, 4) is 0 Å². The highest BCUT2D eigenvalue weighted by atomic mass is 16.3. The van der Waals surface area contributed by atoms with Crippen molar-refractivity contribution in [2.75, 3.05) is 6.54 Å². The molecule has 1 saturated heterocycles. The van der Waals surface area contributed by atoms with Gasteiger partial charge in [0.05, 0.1) is 6.61 Å². The minimum absolute atomic E-state index is 0.141. The van der Waals surface area contributed by atoms with Gasteiger partial charge in [-0.2, -0.15) is 0 Å². The molecule has 1 aliphatic heterocycles. The molecular formula is C16H25NO. The van der Waals surface area contributed by atoms with E-state index >= 15 is 0 Å². The lowest BCUT2D eigenvalue weighted by Crippen LogP contribution is -2.38. The average molecular weight is 247 g/mol. The molecule has 2 rings (SSSR count). The highest BCUT2D eigenvalue weighted by Gasteiger charge is 2.21. The fourth-order valence-electron chi connectivity index (χ4n) is 2.91. The van der Waals surface area contributed by atoms with Crippen molar-refractivity contribution in [2.45, 2.75) is 58.2 Å². The Balaban J connectivity index is 1.96. The summed E-state index contributed by atoms with van der Waals surface area (Å²) in [7, 11) is 0. The topological polar surface area (TPSA) is 23.5 Å². The van der Waals surface area contributed by atoms with Crippen LogP contribution in [-0.2, 0) is 13.2 Å². The SMILES string of the molecule is CCCC1CCCCN1Cc1ccc(CO)cc1. The predicted octanol–water partition coefficient (Wildman–Crippen LogP) is 3.33. The molecule has 100 valence electrons. The second-order valence-electron chi connectivity index (χ2n) is 5.38. The predicted molar refractivity (Wildman–Crippen MR) is 75.3 cm³/mol. The Hall–Kier alpha value is -0.860. The van der Waals surface area contributed by atoms with Gasteiger partial charge < -0.3 is 5.11 Å². The number of aliphatic hydroxyl groups is 1. The van der Waals surface area contributed by atoms with E-state index in [9.17, 15) is 0 Å². The van der Waals surface area contributed by atoms with Gasteiger partial charge in [0.25, 0.3) is 0 Å². The molecule has 0 bridgehead atoms. The van der Waals surface area contributed by atoms with Crippen LogP contribution in [0.5, 0.6) is 0 Å². The van der Waals surface area contributed by atoms with Crippen LogP contribution in [-0.4, -0.2) is 22.6 Å². The molecule has 0 aliphatic carbocycles. The first-order chi connectivity index (χ1) is 8.83. The number of aliphatic hydroxyl groups excluding tert-OH is 1. The number of piperidine rings is 1. The molecule has 1 aliphatic rings. The van der Waals surface area contributed by atoms with Gasteiger partial charge in [0, 0.05) is 12.6 Å². The lowest BCUT2D eigenvalue weighted by molar-refractivity contribution is 0.131. The fraction of sp³-hybridized carbons (Fsp3) is 0.625. The minimum Gasteiger partial charge on any atom is -0.392 e. The zero-order valence-electron chi connectivity index (χ0n) is 11.4. The lowest BCUT2D eigenvalue weighted by atomic mass is 9.97. The second kappa shape index (κ2) is 6.91. The van der Waals surface area contributed by atoms with Crippen molar-refractivity contribution in [2.24, 2.45) is 0 Å². The number of hydrogen-bond acceptors (Lipinski definition) is 2. The van der Waals surface area contributed by atoms with Crippen LogP contribution < -0.4 is 0 Å². The van der Waals surface area contributed by atoms with E-state index in [0.717, 1.165) is 18.2 Å². The molecule has 2 heteroatoms. The average Bonchev–Trinajstić information content (AvgIpc) is 2.42. The van der Waals surface area contributed by atoms with Crippen LogP contribution in [0, 0.1) is 0 Å². The van der Waals surface area contributed by atoms with Gasteiger partial charge in [-0.1, -0.05) is 44.0 Å². The van der Waals surface area contributed by atoms with Gasteiger partial charge in [0.15, 0.2) is 0 Å². The molecule has 1 N–H and O–H groups in total. The zero-order chi connectivity index (χ0) is 12.8. The molecule has 1 atom stereocenters. The van der Waals surface area contributed by atoms with E-state index in [1.807, 2.05) is 12.1 Å². The Morgan fingerprint density at radius 2 is 1.89 bits per heavy atom. The van der Waals surface area contributed by atoms with Crippen LogP contribution >= 0.6 is 0 Å². The van der Waals surface area contributed by atoms with Gasteiger partial charge in [0.2, 0.25) is 0 Å². The molecule has 1 aromatic rings. The number of benzene rings is 1. The summed E-state index contributed by atoms with van der Waals surface area (Å²) in [4.78, 5) is 2.64. The first kappa shape index (κ1) is 13.6. The monoisotopic (exact) mass is 247 g/mol. The smallest absolute Gasteiger partial charge is 0.0681 e. The van der Waals surface area contributed by atoms with Gasteiger partial charge >= 0.3 is 0 Å². The van der Waals surface area contributed by atoms with E-state index < -0.39 is 0 Å². The van der Waals surface area contributed by atoms with E-state index in [1.54, 1.807) is 0 Å². The normalized spacial score (nSPS) is 21.1. The molecule has 0 radical (unpaired) electrons. The van der Waals surface area contributed by atoms with Crippen LogP contribution in [0.3, 0.4) is 0 Å². The van der Waals surface area contributed by atoms with Crippen molar-refractivity contribution in [3.63, 3.8) is 0 Å². The van der Waals surface area contributed by atoms with E-state index in [4.69, 9.17) is 5.11 Å². The maximum atomic E-state index is 9.05. The zero-order valence-corrected chi connectivity index (χ0v) is 11.4. The minimum atomic E-state index is 0.141. The summed E-state index contributed by atoms with van der Waals surface area (Å²) in [5, 5.41) is 9.05. The molecule has 0 spiro atoms. The molecule has 18 heavy (non-hydrogen) atoms. The summed E-state index contributed by atoms with van der Waals surface area (Å²) in [5.41, 5.74) is 2.37. The quantitative estimate of drug-likeness (QED) is 0.862. The van der Waals surface area contributed by atoms with Crippen molar-refractivity contribution in [3.05, 3.63) is 35.4 Å². The molecule has 1 fully saturated rings. The number of rotatable bonds is 5. The Kier molecular flexibility index (Phi) is 5.21. The molecule has 1 heterocycles.